The molecule has 32 heavy (non-hydrogen) atoms. The summed E-state index contributed by atoms with van der Waals surface area (Å²) in [6.45, 7) is 1.37. The monoisotopic (exact) mass is 441 g/mol. The molecule has 4 amide bonds. The zero-order valence-corrected chi connectivity index (χ0v) is 18.3. The minimum absolute atomic E-state index is 0.00794. The Balaban J connectivity index is 1.51. The molecule has 2 unspecified atom stereocenters. The van der Waals surface area contributed by atoms with Crippen LogP contribution in [0.3, 0.4) is 0 Å². The topological polar surface area (TPSA) is 112 Å². The van der Waals surface area contributed by atoms with Crippen molar-refractivity contribution in [2.75, 3.05) is 26.2 Å². The van der Waals surface area contributed by atoms with Crippen molar-refractivity contribution >= 4 is 23.6 Å². The van der Waals surface area contributed by atoms with Gasteiger partial charge < -0.3 is 20.4 Å². The van der Waals surface area contributed by atoms with Gasteiger partial charge in [0.1, 0.15) is 12.1 Å². The fourth-order valence-corrected chi connectivity index (χ4v) is 4.89. The normalized spacial score (nSPS) is 24.6. The van der Waals surface area contributed by atoms with Gasteiger partial charge in [-0.1, -0.05) is 19.3 Å². The zero-order chi connectivity index (χ0) is 22.5. The number of hydrogen-bond donors (Lipinski definition) is 2. The molecule has 4 rings (SSSR count). The number of aromatic nitrogens is 1. The molecule has 2 atom stereocenters. The Hall–Kier alpha value is -2.97. The van der Waals surface area contributed by atoms with Crippen molar-refractivity contribution in [2.45, 2.75) is 57.0 Å². The minimum Gasteiger partial charge on any atom is -0.354 e. The second kappa shape index (κ2) is 10.1. The van der Waals surface area contributed by atoms with Gasteiger partial charge in [-0.05, 0) is 37.8 Å². The quantitative estimate of drug-likeness (QED) is 0.715. The van der Waals surface area contributed by atoms with E-state index >= 15 is 0 Å². The van der Waals surface area contributed by atoms with E-state index in [0.29, 0.717) is 31.6 Å². The highest BCUT2D eigenvalue weighted by Crippen LogP contribution is 2.27. The number of nitrogens with one attached hydrogen (secondary N) is 2. The highest BCUT2D eigenvalue weighted by molar-refractivity contribution is 5.96. The van der Waals surface area contributed by atoms with Gasteiger partial charge in [0.05, 0.1) is 12.1 Å². The van der Waals surface area contributed by atoms with E-state index in [-0.39, 0.29) is 36.1 Å². The standard InChI is InChI=1S/C23H31N5O4/c29-20-18(9-5-11-25-20)26-21(30)19-15-27(22(31)17-8-4-10-24-14-17)12-13-28(19)23(32)16-6-2-1-3-7-16/h4,8,10,14,16,18-19H,1-3,5-7,9,11-13,15H2,(H,25,29)(H,26,30). The van der Waals surface area contributed by atoms with Gasteiger partial charge in [-0.15, -0.1) is 0 Å². The fraction of sp³-hybridized carbons (Fsp3) is 0.609. The van der Waals surface area contributed by atoms with Crippen LogP contribution in [0.4, 0.5) is 0 Å². The Labute approximate surface area is 187 Å². The van der Waals surface area contributed by atoms with Gasteiger partial charge in [-0.3, -0.25) is 24.2 Å². The first-order valence-electron chi connectivity index (χ1n) is 11.6. The van der Waals surface area contributed by atoms with E-state index in [1.807, 2.05) is 0 Å². The average Bonchev–Trinajstić information content (AvgIpc) is 2.85. The largest absolute Gasteiger partial charge is 0.354 e. The maximum atomic E-state index is 13.3. The SMILES string of the molecule is O=C1NCCCC1NC(=O)C1CN(C(=O)c2cccnc2)CCN1C(=O)C1CCCCC1. The van der Waals surface area contributed by atoms with Crippen LogP contribution in [-0.4, -0.2) is 76.7 Å². The van der Waals surface area contributed by atoms with Gasteiger partial charge in [0.2, 0.25) is 17.7 Å². The van der Waals surface area contributed by atoms with Crippen molar-refractivity contribution < 1.29 is 19.2 Å². The second-order valence-corrected chi connectivity index (χ2v) is 8.87. The van der Waals surface area contributed by atoms with Crippen molar-refractivity contribution in [2.24, 2.45) is 5.92 Å². The summed E-state index contributed by atoms with van der Waals surface area (Å²) in [5.41, 5.74) is 0.449. The van der Waals surface area contributed by atoms with Crippen LogP contribution in [0, 0.1) is 5.92 Å². The molecule has 9 nitrogen and oxygen atoms in total. The summed E-state index contributed by atoms with van der Waals surface area (Å²) in [7, 11) is 0. The van der Waals surface area contributed by atoms with Crippen molar-refractivity contribution in [1.82, 2.24) is 25.4 Å². The maximum absolute atomic E-state index is 13.3. The highest BCUT2D eigenvalue weighted by atomic mass is 16.2. The summed E-state index contributed by atoms with van der Waals surface area (Å²) in [6, 6.07) is 1.97. The molecule has 1 aromatic heterocycles. The second-order valence-electron chi connectivity index (χ2n) is 8.87. The van der Waals surface area contributed by atoms with Crippen LogP contribution < -0.4 is 10.6 Å². The van der Waals surface area contributed by atoms with Crippen molar-refractivity contribution in [3.8, 4) is 0 Å². The number of amides is 4. The molecule has 9 heteroatoms. The lowest BCUT2D eigenvalue weighted by atomic mass is 9.87. The number of nitrogens with zero attached hydrogens (tertiary/aromatic N) is 3. The molecule has 0 spiro atoms. The number of rotatable bonds is 4. The summed E-state index contributed by atoms with van der Waals surface area (Å²) in [5, 5.41) is 5.60. The third kappa shape index (κ3) is 4.92. The molecular formula is C23H31N5O4. The Bertz CT molecular complexity index is 855. The first-order chi connectivity index (χ1) is 15.5. The summed E-state index contributed by atoms with van der Waals surface area (Å²) < 4.78 is 0. The molecule has 2 saturated heterocycles. The first kappa shape index (κ1) is 22.2. The summed E-state index contributed by atoms with van der Waals surface area (Å²) in [6.07, 6.45) is 9.32. The Morgan fingerprint density at radius 1 is 1.06 bits per heavy atom. The van der Waals surface area contributed by atoms with Gasteiger partial charge in [-0.25, -0.2) is 0 Å². The summed E-state index contributed by atoms with van der Waals surface area (Å²) in [4.78, 5) is 59.0. The predicted molar refractivity (Wildman–Crippen MR) is 116 cm³/mol. The van der Waals surface area contributed by atoms with Crippen molar-refractivity contribution in [1.29, 1.82) is 0 Å². The number of carbonyl (C=O) groups excluding carboxylic acids is 4. The average molecular weight is 442 g/mol. The van der Waals surface area contributed by atoms with Gasteiger partial charge in [0, 0.05) is 37.9 Å². The lowest BCUT2D eigenvalue weighted by Crippen LogP contribution is -2.64. The van der Waals surface area contributed by atoms with Crippen molar-refractivity contribution in [3.05, 3.63) is 30.1 Å². The third-order valence-corrected chi connectivity index (χ3v) is 6.72. The maximum Gasteiger partial charge on any atom is 0.255 e. The van der Waals surface area contributed by atoms with E-state index in [2.05, 4.69) is 15.6 Å². The van der Waals surface area contributed by atoms with E-state index in [4.69, 9.17) is 0 Å². The Morgan fingerprint density at radius 3 is 2.59 bits per heavy atom. The smallest absolute Gasteiger partial charge is 0.255 e. The molecule has 0 aromatic carbocycles. The fourth-order valence-electron chi connectivity index (χ4n) is 4.89. The van der Waals surface area contributed by atoms with Crippen LogP contribution in [0.15, 0.2) is 24.5 Å². The van der Waals surface area contributed by atoms with Crippen LogP contribution in [0.25, 0.3) is 0 Å². The van der Waals surface area contributed by atoms with Gasteiger partial charge in [0.15, 0.2) is 0 Å². The van der Waals surface area contributed by atoms with E-state index in [1.165, 1.54) is 6.20 Å². The summed E-state index contributed by atoms with van der Waals surface area (Å²) >= 11 is 0. The van der Waals surface area contributed by atoms with E-state index in [9.17, 15) is 19.2 Å². The molecule has 0 radical (unpaired) electrons. The third-order valence-electron chi connectivity index (χ3n) is 6.72. The molecule has 1 aliphatic carbocycles. The lowest BCUT2D eigenvalue weighted by molar-refractivity contribution is -0.148. The van der Waals surface area contributed by atoms with Gasteiger partial charge >= 0.3 is 0 Å². The number of piperidine rings is 1. The Morgan fingerprint density at radius 2 is 1.88 bits per heavy atom. The van der Waals surface area contributed by atoms with E-state index in [1.54, 1.807) is 28.1 Å². The molecule has 0 bridgehead atoms. The number of carbonyl (C=O) groups is 4. The summed E-state index contributed by atoms with van der Waals surface area (Å²) in [5.74, 6) is -0.867. The molecule has 3 heterocycles. The van der Waals surface area contributed by atoms with E-state index in [0.717, 1.165) is 38.5 Å². The molecule has 2 aliphatic heterocycles. The molecular weight excluding hydrogens is 410 g/mol. The zero-order valence-electron chi connectivity index (χ0n) is 18.3. The van der Waals surface area contributed by atoms with Crippen LogP contribution in [0.1, 0.15) is 55.3 Å². The molecule has 1 saturated carbocycles. The Kier molecular flexibility index (Phi) is 7.02. The molecule has 172 valence electrons. The van der Waals surface area contributed by atoms with Crippen LogP contribution in [0.2, 0.25) is 0 Å². The number of hydrogen-bond acceptors (Lipinski definition) is 5. The van der Waals surface area contributed by atoms with Gasteiger partial charge in [-0.2, -0.15) is 0 Å². The van der Waals surface area contributed by atoms with Crippen LogP contribution in [-0.2, 0) is 14.4 Å². The lowest BCUT2D eigenvalue weighted by Gasteiger charge is -2.42. The minimum atomic E-state index is -0.812. The molecule has 3 aliphatic rings. The van der Waals surface area contributed by atoms with Gasteiger partial charge in [0.25, 0.3) is 5.91 Å². The highest BCUT2D eigenvalue weighted by Gasteiger charge is 2.40. The van der Waals surface area contributed by atoms with Crippen molar-refractivity contribution in [3.63, 3.8) is 0 Å². The molecule has 1 aromatic rings. The molecule has 3 fully saturated rings. The van der Waals surface area contributed by atoms with Crippen LogP contribution >= 0.6 is 0 Å². The predicted octanol–water partition coefficient (Wildman–Crippen LogP) is 0.710. The number of pyridine rings is 1. The van der Waals surface area contributed by atoms with E-state index < -0.39 is 12.1 Å². The number of piperazine rings is 1. The van der Waals surface area contributed by atoms with Crippen LogP contribution in [0.5, 0.6) is 0 Å². The molecule has 2 N–H and O–H groups in total. The first-order valence-corrected chi connectivity index (χ1v) is 11.6.